The molecule has 1 aromatic carbocycles. The summed E-state index contributed by atoms with van der Waals surface area (Å²) in [6.45, 7) is 2.19. The molecule has 4 rings (SSSR count). The molecule has 0 saturated heterocycles. The summed E-state index contributed by atoms with van der Waals surface area (Å²) >= 11 is 0. The SMILES string of the molecule is CC1=C(C(=O)NC2(c3cccc(F)c3)CC2)Cn2nnnc2N1C. The number of hydrogen-bond donors (Lipinski definition) is 1. The molecule has 0 bridgehead atoms. The van der Waals surface area contributed by atoms with Crippen molar-refractivity contribution in [1.82, 2.24) is 25.5 Å². The lowest BCUT2D eigenvalue weighted by Gasteiger charge is -2.28. The molecule has 124 valence electrons. The Labute approximate surface area is 138 Å². The summed E-state index contributed by atoms with van der Waals surface area (Å²) in [6, 6.07) is 6.41. The summed E-state index contributed by atoms with van der Waals surface area (Å²) in [5.74, 6) is 0.150. The van der Waals surface area contributed by atoms with Crippen LogP contribution in [0.1, 0.15) is 25.3 Å². The Morgan fingerprint density at radius 1 is 1.38 bits per heavy atom. The van der Waals surface area contributed by atoms with Crippen molar-refractivity contribution in [2.75, 3.05) is 11.9 Å². The zero-order valence-corrected chi connectivity index (χ0v) is 13.5. The number of hydrogen-bond acceptors (Lipinski definition) is 5. The van der Waals surface area contributed by atoms with Crippen LogP contribution in [0.2, 0.25) is 0 Å². The van der Waals surface area contributed by atoms with Gasteiger partial charge in [0.05, 0.1) is 17.7 Å². The minimum absolute atomic E-state index is 0.165. The maximum Gasteiger partial charge on any atom is 0.251 e. The van der Waals surface area contributed by atoms with Crippen molar-refractivity contribution in [3.63, 3.8) is 0 Å². The highest BCUT2D eigenvalue weighted by Gasteiger charge is 2.46. The highest BCUT2D eigenvalue weighted by atomic mass is 19.1. The van der Waals surface area contributed by atoms with Crippen molar-refractivity contribution in [2.45, 2.75) is 31.8 Å². The van der Waals surface area contributed by atoms with E-state index in [1.807, 2.05) is 20.0 Å². The molecule has 0 atom stereocenters. The fraction of sp³-hybridized carbons (Fsp3) is 0.375. The molecule has 2 heterocycles. The molecule has 0 radical (unpaired) electrons. The van der Waals surface area contributed by atoms with Crippen LogP contribution in [-0.2, 0) is 16.9 Å². The Hall–Kier alpha value is -2.77. The van der Waals surface area contributed by atoms with E-state index >= 15 is 0 Å². The summed E-state index contributed by atoms with van der Waals surface area (Å²) in [5.41, 5.74) is 1.76. The smallest absolute Gasteiger partial charge is 0.251 e. The quantitative estimate of drug-likeness (QED) is 0.920. The van der Waals surface area contributed by atoms with Crippen LogP contribution < -0.4 is 10.2 Å². The number of fused-ring (bicyclic) bond motifs is 1. The van der Waals surface area contributed by atoms with Crippen molar-refractivity contribution in [3.05, 3.63) is 46.9 Å². The van der Waals surface area contributed by atoms with Crippen LogP contribution in [0.5, 0.6) is 0 Å². The fourth-order valence-corrected chi connectivity index (χ4v) is 3.08. The van der Waals surface area contributed by atoms with E-state index < -0.39 is 5.54 Å². The van der Waals surface area contributed by atoms with E-state index in [2.05, 4.69) is 20.8 Å². The molecule has 1 aliphatic carbocycles. The summed E-state index contributed by atoms with van der Waals surface area (Å²) < 4.78 is 15.1. The van der Waals surface area contributed by atoms with Gasteiger partial charge in [0.1, 0.15) is 5.82 Å². The van der Waals surface area contributed by atoms with Gasteiger partial charge in [-0.1, -0.05) is 17.2 Å². The highest BCUT2D eigenvalue weighted by molar-refractivity contribution is 5.95. The van der Waals surface area contributed by atoms with Gasteiger partial charge in [0.15, 0.2) is 0 Å². The van der Waals surface area contributed by atoms with Crippen molar-refractivity contribution in [2.24, 2.45) is 0 Å². The van der Waals surface area contributed by atoms with Gasteiger partial charge in [-0.3, -0.25) is 4.79 Å². The second-order valence-corrected chi connectivity index (χ2v) is 6.31. The zero-order valence-electron chi connectivity index (χ0n) is 13.5. The molecule has 1 amide bonds. The number of nitrogens with one attached hydrogen (secondary N) is 1. The molecule has 1 N–H and O–H groups in total. The maximum absolute atomic E-state index is 13.5. The number of carbonyl (C=O) groups excluding carboxylic acids is 1. The largest absolute Gasteiger partial charge is 0.343 e. The van der Waals surface area contributed by atoms with Crippen LogP contribution in [0.15, 0.2) is 35.5 Å². The number of anilines is 1. The van der Waals surface area contributed by atoms with Crippen LogP contribution in [0.3, 0.4) is 0 Å². The lowest BCUT2D eigenvalue weighted by atomic mass is 10.0. The predicted molar refractivity (Wildman–Crippen MR) is 84.4 cm³/mol. The Morgan fingerprint density at radius 3 is 2.88 bits per heavy atom. The predicted octanol–water partition coefficient (Wildman–Crippen LogP) is 1.34. The number of halogens is 1. The number of benzene rings is 1. The van der Waals surface area contributed by atoms with Crippen molar-refractivity contribution < 1.29 is 9.18 Å². The first-order valence-corrected chi connectivity index (χ1v) is 7.78. The first-order valence-electron chi connectivity index (χ1n) is 7.78. The normalized spacial score (nSPS) is 18.4. The van der Waals surface area contributed by atoms with Crippen LogP contribution in [-0.4, -0.2) is 33.2 Å². The van der Waals surface area contributed by atoms with Gasteiger partial charge in [0.2, 0.25) is 5.95 Å². The monoisotopic (exact) mass is 328 g/mol. The Bertz CT molecular complexity index is 854. The van der Waals surface area contributed by atoms with Gasteiger partial charge in [-0.25, -0.2) is 9.07 Å². The van der Waals surface area contributed by atoms with E-state index in [9.17, 15) is 9.18 Å². The lowest BCUT2D eigenvalue weighted by molar-refractivity contribution is -0.118. The Kier molecular flexibility index (Phi) is 3.16. The highest BCUT2D eigenvalue weighted by Crippen LogP contribution is 2.46. The molecule has 8 heteroatoms. The van der Waals surface area contributed by atoms with Crippen LogP contribution in [0.4, 0.5) is 10.3 Å². The van der Waals surface area contributed by atoms with Crippen molar-refractivity contribution >= 4 is 11.9 Å². The lowest BCUT2D eigenvalue weighted by Crippen LogP contribution is -2.40. The van der Waals surface area contributed by atoms with Gasteiger partial charge in [-0.2, -0.15) is 0 Å². The molecule has 7 nitrogen and oxygen atoms in total. The van der Waals surface area contributed by atoms with E-state index in [1.54, 1.807) is 15.6 Å². The molecule has 2 aromatic rings. The number of aromatic nitrogens is 4. The summed E-state index contributed by atoms with van der Waals surface area (Å²) in [4.78, 5) is 14.6. The molecule has 0 unspecified atom stereocenters. The van der Waals surface area contributed by atoms with Gasteiger partial charge in [0.25, 0.3) is 5.91 Å². The molecule has 1 fully saturated rings. The molecule has 1 saturated carbocycles. The number of allylic oxidation sites excluding steroid dienone is 1. The second kappa shape index (κ2) is 5.12. The van der Waals surface area contributed by atoms with E-state index in [-0.39, 0.29) is 11.7 Å². The van der Waals surface area contributed by atoms with Crippen LogP contribution in [0, 0.1) is 5.82 Å². The van der Waals surface area contributed by atoms with Gasteiger partial charge in [-0.15, -0.1) is 0 Å². The van der Waals surface area contributed by atoms with Gasteiger partial charge in [-0.05, 0) is 47.9 Å². The molecule has 1 aromatic heterocycles. The van der Waals surface area contributed by atoms with E-state index in [4.69, 9.17) is 0 Å². The molecule has 24 heavy (non-hydrogen) atoms. The molecule has 0 spiro atoms. The maximum atomic E-state index is 13.5. The average molecular weight is 328 g/mol. The number of tetrazole rings is 1. The van der Waals surface area contributed by atoms with Crippen molar-refractivity contribution in [3.8, 4) is 0 Å². The fourth-order valence-electron chi connectivity index (χ4n) is 3.08. The van der Waals surface area contributed by atoms with E-state index in [0.717, 1.165) is 24.1 Å². The second-order valence-electron chi connectivity index (χ2n) is 6.31. The summed E-state index contributed by atoms with van der Waals surface area (Å²) in [6.07, 6.45) is 1.61. The standard InChI is InChI=1S/C16H17FN6O/c1-10-13(9-23-15(22(10)2)19-20-21-23)14(24)18-16(6-7-16)11-4-3-5-12(17)8-11/h3-5,8H,6-7,9H2,1-2H3,(H,18,24). The van der Waals surface area contributed by atoms with Gasteiger partial charge in [0, 0.05) is 12.7 Å². The first-order chi connectivity index (χ1) is 11.5. The van der Waals surface area contributed by atoms with E-state index in [0.29, 0.717) is 18.1 Å². The molecular weight excluding hydrogens is 311 g/mol. The Morgan fingerprint density at radius 2 is 2.17 bits per heavy atom. The van der Waals surface area contributed by atoms with E-state index in [1.165, 1.54) is 12.1 Å². The number of rotatable bonds is 3. The van der Waals surface area contributed by atoms with Gasteiger partial charge >= 0.3 is 0 Å². The third kappa shape index (κ3) is 2.26. The minimum atomic E-state index is -0.466. The summed E-state index contributed by atoms with van der Waals surface area (Å²) in [7, 11) is 1.82. The Balaban J connectivity index is 1.60. The first kappa shape index (κ1) is 14.8. The average Bonchev–Trinajstić information content (AvgIpc) is 3.18. The molecule has 2 aliphatic rings. The number of nitrogens with zero attached hydrogens (tertiary/aromatic N) is 5. The number of amides is 1. The number of carbonyl (C=O) groups is 1. The van der Waals surface area contributed by atoms with Crippen LogP contribution in [0.25, 0.3) is 0 Å². The van der Waals surface area contributed by atoms with Gasteiger partial charge < -0.3 is 10.2 Å². The third-order valence-corrected chi connectivity index (χ3v) is 4.81. The topological polar surface area (TPSA) is 75.9 Å². The summed E-state index contributed by atoms with van der Waals surface area (Å²) in [5, 5.41) is 14.6. The minimum Gasteiger partial charge on any atom is -0.343 e. The zero-order chi connectivity index (χ0) is 16.9. The molecular formula is C16H17FN6O. The third-order valence-electron chi connectivity index (χ3n) is 4.81. The van der Waals surface area contributed by atoms with Crippen molar-refractivity contribution in [1.29, 1.82) is 0 Å². The molecule has 1 aliphatic heterocycles. The van der Waals surface area contributed by atoms with Crippen LogP contribution >= 0.6 is 0 Å².